The molecule has 31 heavy (non-hydrogen) atoms. The number of benzene rings is 2. The molecule has 3 heterocycles. The summed E-state index contributed by atoms with van der Waals surface area (Å²) in [4.78, 5) is 47.7. The number of nitrogens with one attached hydrogen (secondary N) is 1. The summed E-state index contributed by atoms with van der Waals surface area (Å²) in [5, 5.41) is 4.78. The van der Waals surface area contributed by atoms with Crippen LogP contribution in [0.3, 0.4) is 0 Å². The van der Waals surface area contributed by atoms with Crippen molar-refractivity contribution in [3.63, 3.8) is 0 Å². The maximum absolute atomic E-state index is 12.7. The maximum atomic E-state index is 12.7. The normalized spacial score (nSPS) is 14.2. The van der Waals surface area contributed by atoms with Crippen molar-refractivity contribution in [2.24, 2.45) is 0 Å². The van der Waals surface area contributed by atoms with Crippen LogP contribution in [0.15, 0.2) is 58.4 Å². The molecule has 154 valence electrons. The molecule has 1 atom stereocenters. The van der Waals surface area contributed by atoms with E-state index in [-0.39, 0.29) is 23.0 Å². The molecule has 7 nitrogen and oxygen atoms in total. The molecule has 10 heteroatoms. The molecule has 1 aliphatic heterocycles. The highest BCUT2D eigenvalue weighted by molar-refractivity contribution is 8.02. The summed E-state index contributed by atoms with van der Waals surface area (Å²) in [6, 6.07) is 12.1. The summed E-state index contributed by atoms with van der Waals surface area (Å²) < 4.78 is 1.57. The molecule has 0 radical (unpaired) electrons. The smallest absolute Gasteiger partial charge is 0.266 e. The summed E-state index contributed by atoms with van der Waals surface area (Å²) in [7, 11) is 0. The Balaban J connectivity index is 1.37. The number of rotatable bonds is 5. The van der Waals surface area contributed by atoms with E-state index in [0.29, 0.717) is 21.9 Å². The minimum absolute atomic E-state index is 0.147. The number of anilines is 2. The number of nitrogens with zero attached hydrogens (tertiary/aromatic N) is 3. The van der Waals surface area contributed by atoms with Gasteiger partial charge >= 0.3 is 0 Å². The second-order valence-electron chi connectivity index (χ2n) is 6.71. The molecule has 0 spiro atoms. The van der Waals surface area contributed by atoms with Crippen LogP contribution in [0.4, 0.5) is 10.8 Å². The molecule has 0 fully saturated rings. The van der Waals surface area contributed by atoms with Gasteiger partial charge < -0.3 is 5.32 Å². The van der Waals surface area contributed by atoms with Gasteiger partial charge in [0.2, 0.25) is 5.91 Å². The van der Waals surface area contributed by atoms with E-state index >= 15 is 0 Å². The largest absolute Gasteiger partial charge is 0.301 e. The minimum atomic E-state index is -0.361. The minimum Gasteiger partial charge on any atom is -0.301 e. The molecule has 0 bridgehead atoms. The Morgan fingerprint density at radius 1 is 1.13 bits per heavy atom. The lowest BCUT2D eigenvalue weighted by Crippen LogP contribution is -2.29. The Hall–Kier alpha value is -3.08. The summed E-state index contributed by atoms with van der Waals surface area (Å²) >= 11 is 4.14. The van der Waals surface area contributed by atoms with Crippen LogP contribution in [-0.2, 0) is 4.79 Å². The lowest BCUT2D eigenvalue weighted by molar-refractivity contribution is -0.115. The second-order valence-corrected chi connectivity index (χ2v) is 10.2. The molecule has 2 aromatic carbocycles. The number of imide groups is 1. The third-order valence-electron chi connectivity index (χ3n) is 4.71. The predicted octanol–water partition coefficient (Wildman–Crippen LogP) is 4.67. The predicted molar refractivity (Wildman–Crippen MR) is 123 cm³/mol. The zero-order chi connectivity index (χ0) is 21.5. The first-order valence-corrected chi connectivity index (χ1v) is 11.8. The van der Waals surface area contributed by atoms with Gasteiger partial charge in [-0.1, -0.05) is 23.9 Å². The van der Waals surface area contributed by atoms with Gasteiger partial charge in [0.25, 0.3) is 11.8 Å². The van der Waals surface area contributed by atoms with Crippen LogP contribution in [0, 0.1) is 0 Å². The van der Waals surface area contributed by atoms with E-state index in [1.54, 1.807) is 54.0 Å². The molecule has 3 amide bonds. The zero-order valence-electron chi connectivity index (χ0n) is 16.1. The van der Waals surface area contributed by atoms with E-state index in [1.807, 2.05) is 6.92 Å². The van der Waals surface area contributed by atoms with Gasteiger partial charge in [-0.15, -0.1) is 22.7 Å². The van der Waals surface area contributed by atoms with Gasteiger partial charge in [-0.2, -0.15) is 0 Å². The zero-order valence-corrected chi connectivity index (χ0v) is 18.5. The van der Waals surface area contributed by atoms with Gasteiger partial charge in [-0.05, 0) is 37.3 Å². The first-order valence-electron chi connectivity index (χ1n) is 9.26. The molecule has 0 saturated heterocycles. The van der Waals surface area contributed by atoms with Gasteiger partial charge in [0.15, 0.2) is 9.47 Å². The number of carbonyl (C=O) groups excluding carboxylic acids is 3. The maximum Gasteiger partial charge on any atom is 0.266 e. The number of thiazole rings is 2. The van der Waals surface area contributed by atoms with Crippen molar-refractivity contribution in [2.45, 2.75) is 16.5 Å². The fourth-order valence-corrected chi connectivity index (χ4v) is 5.98. The topological polar surface area (TPSA) is 92.3 Å². The second kappa shape index (κ2) is 7.88. The number of hydrogen-bond acceptors (Lipinski definition) is 8. The third kappa shape index (κ3) is 3.62. The van der Waals surface area contributed by atoms with Crippen LogP contribution in [0.2, 0.25) is 0 Å². The Kier molecular flexibility index (Phi) is 5.05. The van der Waals surface area contributed by atoms with Gasteiger partial charge in [0, 0.05) is 11.6 Å². The SMILES string of the molecule is CC(Sc1nc2ccc(N3C(=O)c4ccccc4C3=O)cc2s1)C(=O)Nc1nccs1. The molecule has 4 aromatic rings. The summed E-state index contributed by atoms with van der Waals surface area (Å²) in [5.41, 5.74) is 2.08. The Bertz CT molecular complexity index is 1300. The third-order valence-corrected chi connectivity index (χ3v) is 7.61. The Labute approximate surface area is 189 Å². The molecule has 1 unspecified atom stereocenters. The highest BCUT2D eigenvalue weighted by Crippen LogP contribution is 2.36. The summed E-state index contributed by atoms with van der Waals surface area (Å²) in [5.74, 6) is -0.802. The first-order chi connectivity index (χ1) is 15.0. The number of carbonyl (C=O) groups is 3. The van der Waals surface area contributed by atoms with Gasteiger partial charge in [0.05, 0.1) is 32.3 Å². The molecule has 2 aromatic heterocycles. The van der Waals surface area contributed by atoms with E-state index < -0.39 is 0 Å². The van der Waals surface area contributed by atoms with Crippen LogP contribution in [0.5, 0.6) is 0 Å². The van der Waals surface area contributed by atoms with Crippen LogP contribution in [0.25, 0.3) is 10.2 Å². The van der Waals surface area contributed by atoms with Crippen molar-refractivity contribution in [2.75, 3.05) is 10.2 Å². The van der Waals surface area contributed by atoms with Gasteiger partial charge in [0.1, 0.15) is 0 Å². The van der Waals surface area contributed by atoms with Gasteiger partial charge in [-0.3, -0.25) is 14.4 Å². The highest BCUT2D eigenvalue weighted by atomic mass is 32.2. The average molecular weight is 467 g/mol. The van der Waals surface area contributed by atoms with Crippen LogP contribution < -0.4 is 10.2 Å². The van der Waals surface area contributed by atoms with E-state index in [0.717, 1.165) is 14.6 Å². The first kappa shape index (κ1) is 19.9. The number of amides is 3. The number of aromatic nitrogens is 2. The van der Waals surface area contributed by atoms with Crippen LogP contribution in [-0.4, -0.2) is 32.9 Å². The average Bonchev–Trinajstić information content (AvgIpc) is 3.47. The lowest BCUT2D eigenvalue weighted by Gasteiger charge is -2.13. The molecular weight excluding hydrogens is 452 g/mol. The van der Waals surface area contributed by atoms with Crippen LogP contribution in [0.1, 0.15) is 27.6 Å². The van der Waals surface area contributed by atoms with Crippen molar-refractivity contribution >= 4 is 73.2 Å². The van der Waals surface area contributed by atoms with Crippen molar-refractivity contribution < 1.29 is 14.4 Å². The molecular formula is C21H14N4O3S3. The quantitative estimate of drug-likeness (QED) is 0.339. The molecule has 1 aliphatic rings. The highest BCUT2D eigenvalue weighted by Gasteiger charge is 2.36. The standard InChI is InChI=1S/C21H14N4O3S3/c1-11(17(26)24-20-22-8-9-29-20)30-21-23-15-7-6-12(10-16(15)31-21)25-18(27)13-4-2-3-5-14(13)19(25)28/h2-11H,1H3,(H,22,24,26). The van der Waals surface area contributed by atoms with Crippen LogP contribution >= 0.6 is 34.4 Å². The van der Waals surface area contributed by atoms with Gasteiger partial charge in [-0.25, -0.2) is 14.9 Å². The van der Waals surface area contributed by atoms with Crippen molar-refractivity contribution in [1.82, 2.24) is 9.97 Å². The number of thioether (sulfide) groups is 1. The Morgan fingerprint density at radius 2 is 1.87 bits per heavy atom. The summed E-state index contributed by atoms with van der Waals surface area (Å²) in [6.45, 7) is 1.81. The monoisotopic (exact) mass is 466 g/mol. The van der Waals surface area contributed by atoms with E-state index in [4.69, 9.17) is 0 Å². The fourth-order valence-electron chi connectivity index (χ4n) is 3.20. The number of fused-ring (bicyclic) bond motifs is 2. The Morgan fingerprint density at radius 3 is 2.55 bits per heavy atom. The van der Waals surface area contributed by atoms with Crippen molar-refractivity contribution in [3.05, 3.63) is 65.2 Å². The lowest BCUT2D eigenvalue weighted by atomic mass is 10.1. The van der Waals surface area contributed by atoms with E-state index in [2.05, 4.69) is 15.3 Å². The van der Waals surface area contributed by atoms with E-state index in [9.17, 15) is 14.4 Å². The summed E-state index contributed by atoms with van der Waals surface area (Å²) in [6.07, 6.45) is 1.64. The molecule has 1 N–H and O–H groups in total. The van der Waals surface area contributed by atoms with Crippen molar-refractivity contribution in [1.29, 1.82) is 0 Å². The fraction of sp³-hybridized carbons (Fsp3) is 0.0952. The van der Waals surface area contributed by atoms with E-state index in [1.165, 1.54) is 39.3 Å². The molecule has 0 aliphatic carbocycles. The molecule has 5 rings (SSSR count). The number of hydrogen-bond donors (Lipinski definition) is 1. The van der Waals surface area contributed by atoms with Crippen molar-refractivity contribution in [3.8, 4) is 0 Å². The molecule has 0 saturated carbocycles.